The van der Waals surface area contributed by atoms with Crippen molar-refractivity contribution in [3.05, 3.63) is 29.8 Å². The van der Waals surface area contributed by atoms with Gasteiger partial charge in [0.05, 0.1) is 11.3 Å². The Balaban J connectivity index is 1.56. The fourth-order valence-electron chi connectivity index (χ4n) is 3.31. The molecule has 1 N–H and O–H groups in total. The van der Waals surface area contributed by atoms with Crippen molar-refractivity contribution in [2.75, 3.05) is 31.1 Å². The molecule has 2 saturated heterocycles. The van der Waals surface area contributed by atoms with Gasteiger partial charge in [-0.15, -0.1) is 0 Å². The number of anilines is 1. The Kier molecular flexibility index (Phi) is 7.09. The van der Waals surface area contributed by atoms with Crippen LogP contribution >= 0.6 is 24.0 Å². The van der Waals surface area contributed by atoms with Crippen molar-refractivity contribution in [3.63, 3.8) is 0 Å². The van der Waals surface area contributed by atoms with Crippen molar-refractivity contribution in [1.29, 1.82) is 0 Å². The average Bonchev–Trinajstić information content (AvgIpc) is 2.99. The molecule has 9 nitrogen and oxygen atoms in total. The first-order valence-corrected chi connectivity index (χ1v) is 11.4. The molecule has 0 aliphatic carbocycles. The molecular formula is C21H25N3O6S2. The second-order valence-corrected chi connectivity index (χ2v) is 10.3. The molecule has 0 aromatic heterocycles. The Labute approximate surface area is 195 Å². The maximum Gasteiger partial charge on any atom is 0.410 e. The van der Waals surface area contributed by atoms with Gasteiger partial charge in [-0.05, 0) is 45.0 Å². The summed E-state index contributed by atoms with van der Waals surface area (Å²) in [5.74, 6) is -1.81. The normalized spacial score (nSPS) is 19.3. The summed E-state index contributed by atoms with van der Waals surface area (Å²) in [5, 5.41) is 8.37. The highest BCUT2D eigenvalue weighted by Gasteiger charge is 2.41. The molecule has 0 saturated carbocycles. The van der Waals surface area contributed by atoms with E-state index in [0.717, 1.165) is 4.90 Å². The van der Waals surface area contributed by atoms with Gasteiger partial charge in [-0.3, -0.25) is 9.59 Å². The molecule has 2 aliphatic heterocycles. The van der Waals surface area contributed by atoms with Crippen molar-refractivity contribution in [2.24, 2.45) is 0 Å². The largest absolute Gasteiger partial charge is 0.478 e. The second kappa shape index (κ2) is 9.45. The summed E-state index contributed by atoms with van der Waals surface area (Å²) in [6.45, 7) is 7.38. The molecule has 1 aromatic rings. The number of carboxylic acids is 1. The number of aromatic carboxylic acids is 1. The zero-order chi connectivity index (χ0) is 23.6. The molecule has 0 radical (unpaired) electrons. The summed E-state index contributed by atoms with van der Waals surface area (Å²) in [4.78, 5) is 53.1. The van der Waals surface area contributed by atoms with Gasteiger partial charge in [0, 0.05) is 32.6 Å². The number of hydrogen-bond acceptors (Lipinski definition) is 7. The van der Waals surface area contributed by atoms with Gasteiger partial charge in [0.15, 0.2) is 0 Å². The number of piperazine rings is 1. The van der Waals surface area contributed by atoms with Gasteiger partial charge in [0.25, 0.3) is 0 Å². The molecule has 0 unspecified atom stereocenters. The summed E-state index contributed by atoms with van der Waals surface area (Å²) in [6, 6.07) is 5.60. The van der Waals surface area contributed by atoms with E-state index in [9.17, 15) is 19.2 Å². The van der Waals surface area contributed by atoms with Gasteiger partial charge in [-0.1, -0.05) is 24.0 Å². The van der Waals surface area contributed by atoms with Gasteiger partial charge in [0.2, 0.25) is 11.8 Å². The van der Waals surface area contributed by atoms with Crippen LogP contribution in [0, 0.1) is 0 Å². The van der Waals surface area contributed by atoms with E-state index in [1.807, 2.05) is 25.7 Å². The third-order valence-corrected chi connectivity index (χ3v) is 6.57. The van der Waals surface area contributed by atoms with Gasteiger partial charge >= 0.3 is 12.1 Å². The van der Waals surface area contributed by atoms with Crippen LogP contribution in [0.5, 0.6) is 0 Å². The molecular weight excluding hydrogens is 454 g/mol. The van der Waals surface area contributed by atoms with Crippen molar-refractivity contribution in [1.82, 2.24) is 9.80 Å². The second-order valence-electron chi connectivity index (χ2n) is 8.45. The van der Waals surface area contributed by atoms with Crippen molar-refractivity contribution < 1.29 is 29.0 Å². The predicted octanol–water partition coefficient (Wildman–Crippen LogP) is 2.59. The molecule has 1 aromatic carbocycles. The lowest BCUT2D eigenvalue weighted by atomic mass is 10.2. The van der Waals surface area contributed by atoms with Crippen LogP contribution in [-0.2, 0) is 14.3 Å². The first-order chi connectivity index (χ1) is 15.0. The van der Waals surface area contributed by atoms with Crippen molar-refractivity contribution >= 4 is 57.9 Å². The molecule has 3 amide bonds. The first kappa shape index (κ1) is 24.0. The summed E-state index contributed by atoms with van der Waals surface area (Å²) >= 11 is 6.67. The van der Waals surface area contributed by atoms with Gasteiger partial charge in [-0.2, -0.15) is 0 Å². The maximum atomic E-state index is 12.8. The van der Waals surface area contributed by atoms with E-state index < -0.39 is 16.8 Å². The van der Waals surface area contributed by atoms with Crippen molar-refractivity contribution in [3.8, 4) is 0 Å². The number of carbonyl (C=O) groups is 4. The monoisotopic (exact) mass is 479 g/mol. The SMILES string of the molecule is CC(C)(C)OC(=O)N1CCN(C(=S)S[C@H]2CC(=O)N(c3ccc(C(=O)O)cc3)C2=O)CC1. The van der Waals surface area contributed by atoms with Crippen LogP contribution in [0.4, 0.5) is 10.5 Å². The molecule has 172 valence electrons. The van der Waals surface area contributed by atoms with E-state index in [1.165, 1.54) is 36.0 Å². The number of thioether (sulfide) groups is 1. The summed E-state index contributed by atoms with van der Waals surface area (Å²) in [6.07, 6.45) is -0.348. The highest BCUT2D eigenvalue weighted by atomic mass is 32.2. The Morgan fingerprint density at radius 3 is 2.16 bits per heavy atom. The van der Waals surface area contributed by atoms with Crippen LogP contribution in [0.25, 0.3) is 0 Å². The van der Waals surface area contributed by atoms with Crippen LogP contribution in [-0.4, -0.2) is 80.1 Å². The number of imide groups is 1. The first-order valence-electron chi connectivity index (χ1n) is 10.1. The lowest BCUT2D eigenvalue weighted by Crippen LogP contribution is -2.51. The minimum Gasteiger partial charge on any atom is -0.478 e. The smallest absolute Gasteiger partial charge is 0.410 e. The topological polar surface area (TPSA) is 107 Å². The molecule has 1 atom stereocenters. The van der Waals surface area contributed by atoms with E-state index in [2.05, 4.69) is 0 Å². The Bertz CT molecular complexity index is 936. The summed E-state index contributed by atoms with van der Waals surface area (Å²) < 4.78 is 5.89. The van der Waals surface area contributed by atoms with E-state index >= 15 is 0 Å². The third-order valence-electron chi connectivity index (χ3n) is 4.91. The third kappa shape index (κ3) is 5.57. The van der Waals surface area contributed by atoms with Crippen LogP contribution in [0.2, 0.25) is 0 Å². The number of hydrogen-bond donors (Lipinski definition) is 1. The Morgan fingerprint density at radius 1 is 1.06 bits per heavy atom. The Hall–Kier alpha value is -2.66. The molecule has 2 aliphatic rings. The maximum absolute atomic E-state index is 12.8. The van der Waals surface area contributed by atoms with E-state index in [4.69, 9.17) is 22.1 Å². The van der Waals surface area contributed by atoms with Crippen molar-refractivity contribution in [2.45, 2.75) is 38.0 Å². The highest BCUT2D eigenvalue weighted by molar-refractivity contribution is 8.23. The van der Waals surface area contributed by atoms with Gasteiger partial charge in [0.1, 0.15) is 15.2 Å². The highest BCUT2D eigenvalue weighted by Crippen LogP contribution is 2.31. The molecule has 0 bridgehead atoms. The minimum atomic E-state index is -1.08. The number of carboxylic acid groups (broad SMARTS) is 1. The molecule has 32 heavy (non-hydrogen) atoms. The predicted molar refractivity (Wildman–Crippen MR) is 124 cm³/mol. The lowest BCUT2D eigenvalue weighted by molar-refractivity contribution is -0.121. The van der Waals surface area contributed by atoms with Crippen LogP contribution in [0.15, 0.2) is 24.3 Å². The lowest BCUT2D eigenvalue weighted by Gasteiger charge is -2.36. The number of rotatable bonds is 3. The molecule has 2 heterocycles. The van der Waals surface area contributed by atoms with Crippen LogP contribution in [0.1, 0.15) is 37.6 Å². The molecule has 11 heteroatoms. The molecule has 3 rings (SSSR count). The average molecular weight is 480 g/mol. The summed E-state index contributed by atoms with van der Waals surface area (Å²) in [5.41, 5.74) is -0.148. The fraction of sp³-hybridized carbons (Fsp3) is 0.476. The number of carbonyl (C=O) groups excluding carboxylic acids is 3. The number of thiocarbonyl (C=S) groups is 1. The van der Waals surface area contributed by atoms with Crippen LogP contribution in [0.3, 0.4) is 0 Å². The quantitative estimate of drug-likeness (QED) is 0.517. The van der Waals surface area contributed by atoms with Gasteiger partial charge < -0.3 is 19.6 Å². The Morgan fingerprint density at radius 2 is 1.62 bits per heavy atom. The number of benzene rings is 1. The summed E-state index contributed by atoms with van der Waals surface area (Å²) in [7, 11) is 0. The number of nitrogens with zero attached hydrogens (tertiary/aromatic N) is 3. The molecule has 0 spiro atoms. The van der Waals surface area contributed by atoms with Gasteiger partial charge in [-0.25, -0.2) is 14.5 Å². The fourth-order valence-corrected chi connectivity index (χ4v) is 4.85. The van der Waals surface area contributed by atoms with E-state index in [1.54, 1.807) is 4.90 Å². The number of ether oxygens (including phenoxy) is 1. The standard InChI is InChI=1S/C21H25N3O6S2/c1-21(2,3)30-19(29)22-8-10-23(11-9-22)20(31)32-15-12-16(25)24(17(15)26)14-6-4-13(5-7-14)18(27)28/h4-7,15H,8-12H2,1-3H3,(H,27,28)/t15-/m0/s1. The zero-order valence-corrected chi connectivity index (χ0v) is 19.7. The number of amides is 3. The molecule has 2 fully saturated rings. The van der Waals surface area contributed by atoms with E-state index in [-0.39, 0.29) is 29.9 Å². The zero-order valence-electron chi connectivity index (χ0n) is 18.1. The van der Waals surface area contributed by atoms with E-state index in [0.29, 0.717) is 36.2 Å². The van der Waals surface area contributed by atoms with Crippen LogP contribution < -0.4 is 4.90 Å². The minimum absolute atomic E-state index is 0.0161.